The number of halogens is 1. The molecule has 3 heterocycles. The Labute approximate surface area is 103 Å². The first-order valence-electron chi connectivity index (χ1n) is 5.68. The highest BCUT2D eigenvalue weighted by Gasteiger charge is 2.44. The molecule has 2 N–H and O–H groups in total. The van der Waals surface area contributed by atoms with Gasteiger partial charge in [-0.05, 0) is 0 Å². The summed E-state index contributed by atoms with van der Waals surface area (Å²) >= 11 is 0. The minimum Gasteiger partial charge on any atom is -0.394 e. The smallest absolute Gasteiger partial charge is 0.352 e. The number of hydrogen-bond donors (Lipinski definition) is 2. The maximum atomic E-state index is 13.9. The molecule has 0 aromatic rings. The van der Waals surface area contributed by atoms with Crippen molar-refractivity contribution in [2.24, 2.45) is 4.99 Å². The molecule has 0 aromatic carbocycles. The molecular formula is C10H13FN4O3. The van der Waals surface area contributed by atoms with Crippen LogP contribution in [0, 0.1) is 0 Å². The van der Waals surface area contributed by atoms with Gasteiger partial charge >= 0.3 is 6.03 Å². The second-order valence-corrected chi connectivity index (χ2v) is 4.32. The molecule has 0 spiro atoms. The van der Waals surface area contributed by atoms with Gasteiger partial charge in [0.2, 0.25) is 0 Å². The van der Waals surface area contributed by atoms with E-state index >= 15 is 0 Å². The van der Waals surface area contributed by atoms with Gasteiger partial charge in [-0.25, -0.2) is 9.18 Å². The van der Waals surface area contributed by atoms with Crippen LogP contribution in [0.15, 0.2) is 17.4 Å². The number of alkyl halides is 1. The topological polar surface area (TPSA) is 77.4 Å². The molecule has 1 unspecified atom stereocenters. The molecule has 4 atom stereocenters. The van der Waals surface area contributed by atoms with Crippen molar-refractivity contribution in [2.75, 3.05) is 6.61 Å². The maximum absolute atomic E-state index is 13.9. The van der Waals surface area contributed by atoms with Crippen molar-refractivity contribution in [1.29, 1.82) is 0 Å². The molecule has 1 saturated heterocycles. The fraction of sp³-hybridized carbons (Fsp3) is 0.600. The van der Waals surface area contributed by atoms with Crippen molar-refractivity contribution >= 4 is 12.4 Å². The number of rotatable bonds is 2. The molecule has 3 aliphatic heterocycles. The Morgan fingerprint density at radius 1 is 1.67 bits per heavy atom. The Balaban J connectivity index is 1.80. The lowest BCUT2D eigenvalue weighted by atomic mass is 10.2. The summed E-state index contributed by atoms with van der Waals surface area (Å²) in [5.74, 6) is 0. The number of amides is 2. The Bertz CT molecular complexity index is 416. The average molecular weight is 256 g/mol. The quantitative estimate of drug-likeness (QED) is 0.700. The van der Waals surface area contributed by atoms with Crippen LogP contribution in [0.1, 0.15) is 6.42 Å². The lowest BCUT2D eigenvalue weighted by molar-refractivity contribution is -0.0844. The highest BCUT2D eigenvalue weighted by molar-refractivity contribution is 5.86. The van der Waals surface area contributed by atoms with Crippen LogP contribution in [0.3, 0.4) is 0 Å². The van der Waals surface area contributed by atoms with Gasteiger partial charge in [-0.15, -0.1) is 0 Å². The van der Waals surface area contributed by atoms with Gasteiger partial charge in [0.1, 0.15) is 12.5 Å². The maximum Gasteiger partial charge on any atom is 0.352 e. The molecule has 98 valence electrons. The van der Waals surface area contributed by atoms with Crippen LogP contribution < -0.4 is 5.32 Å². The van der Waals surface area contributed by atoms with E-state index in [9.17, 15) is 9.18 Å². The van der Waals surface area contributed by atoms with Gasteiger partial charge in [-0.2, -0.15) is 4.99 Å². The largest absolute Gasteiger partial charge is 0.394 e. The van der Waals surface area contributed by atoms with E-state index in [4.69, 9.17) is 9.84 Å². The highest BCUT2D eigenvalue weighted by Crippen LogP contribution is 2.28. The second kappa shape index (κ2) is 4.21. The van der Waals surface area contributed by atoms with E-state index in [-0.39, 0.29) is 13.0 Å². The first-order chi connectivity index (χ1) is 8.70. The molecule has 7 nitrogen and oxygen atoms in total. The standard InChI is InChI=1S/C10H13FN4O3/c11-7-3-6(4-16)18-8(7)15-5-13-10(17)14-2-1-12-9(14)15/h1-2,5-9,12,16H,3-4H2/t6-,7-,8+,9?/m0/s1. The van der Waals surface area contributed by atoms with E-state index in [1.54, 1.807) is 12.4 Å². The van der Waals surface area contributed by atoms with Crippen molar-refractivity contribution in [1.82, 2.24) is 15.1 Å². The van der Waals surface area contributed by atoms with Gasteiger partial charge in [-0.1, -0.05) is 0 Å². The normalized spacial score (nSPS) is 38.2. The number of hydrogen-bond acceptors (Lipinski definition) is 5. The molecule has 0 aromatic heterocycles. The molecule has 0 saturated carbocycles. The van der Waals surface area contributed by atoms with Crippen LogP contribution in [-0.2, 0) is 4.74 Å². The van der Waals surface area contributed by atoms with Gasteiger partial charge in [0.25, 0.3) is 0 Å². The molecule has 3 aliphatic rings. The van der Waals surface area contributed by atoms with E-state index in [0.29, 0.717) is 0 Å². The van der Waals surface area contributed by atoms with Crippen molar-refractivity contribution in [3.05, 3.63) is 12.4 Å². The highest BCUT2D eigenvalue weighted by atomic mass is 19.1. The third-order valence-corrected chi connectivity index (χ3v) is 3.18. The van der Waals surface area contributed by atoms with Crippen molar-refractivity contribution in [2.45, 2.75) is 31.2 Å². The van der Waals surface area contributed by atoms with Crippen molar-refractivity contribution in [3.8, 4) is 0 Å². The number of ether oxygens (including phenoxy) is 1. The molecule has 3 rings (SSSR count). The molecule has 1 fully saturated rings. The summed E-state index contributed by atoms with van der Waals surface area (Å²) in [6, 6.07) is -0.412. The van der Waals surface area contributed by atoms with Gasteiger partial charge in [0.05, 0.1) is 12.7 Å². The van der Waals surface area contributed by atoms with Crippen LogP contribution in [0.4, 0.5) is 9.18 Å². The van der Waals surface area contributed by atoms with E-state index < -0.39 is 30.8 Å². The Morgan fingerprint density at radius 3 is 3.22 bits per heavy atom. The zero-order chi connectivity index (χ0) is 12.7. The van der Waals surface area contributed by atoms with Crippen molar-refractivity contribution < 1.29 is 19.0 Å². The number of aliphatic hydroxyl groups is 1. The van der Waals surface area contributed by atoms with E-state index in [2.05, 4.69) is 10.3 Å². The minimum absolute atomic E-state index is 0.138. The van der Waals surface area contributed by atoms with Crippen molar-refractivity contribution in [3.63, 3.8) is 0 Å². The van der Waals surface area contributed by atoms with Gasteiger partial charge in [0, 0.05) is 18.8 Å². The molecular weight excluding hydrogens is 243 g/mol. The summed E-state index contributed by atoms with van der Waals surface area (Å²) in [7, 11) is 0. The molecule has 0 bridgehead atoms. The lowest BCUT2D eigenvalue weighted by Gasteiger charge is -2.38. The fourth-order valence-electron chi connectivity index (χ4n) is 2.30. The molecule has 18 heavy (non-hydrogen) atoms. The first kappa shape index (κ1) is 11.4. The average Bonchev–Trinajstić information content (AvgIpc) is 2.97. The minimum atomic E-state index is -1.23. The molecule has 8 heteroatoms. The van der Waals surface area contributed by atoms with E-state index in [1.165, 1.54) is 16.1 Å². The van der Waals surface area contributed by atoms with Crippen LogP contribution in [-0.4, -0.2) is 58.7 Å². The number of nitrogens with one attached hydrogen (secondary N) is 1. The second-order valence-electron chi connectivity index (χ2n) is 4.32. The first-order valence-corrected chi connectivity index (χ1v) is 5.68. The van der Waals surface area contributed by atoms with Crippen LogP contribution in [0.25, 0.3) is 0 Å². The third-order valence-electron chi connectivity index (χ3n) is 3.18. The summed E-state index contributed by atoms with van der Waals surface area (Å²) in [4.78, 5) is 18.0. The Morgan fingerprint density at radius 2 is 2.50 bits per heavy atom. The zero-order valence-corrected chi connectivity index (χ0v) is 9.44. The zero-order valence-electron chi connectivity index (χ0n) is 9.44. The van der Waals surface area contributed by atoms with E-state index in [1.807, 2.05) is 0 Å². The number of carbonyl (C=O) groups is 1. The Hall–Kier alpha value is -1.67. The molecule has 0 radical (unpaired) electrons. The summed E-state index contributed by atoms with van der Waals surface area (Å²) < 4.78 is 19.3. The number of urea groups is 1. The molecule has 0 aliphatic carbocycles. The Kier molecular flexibility index (Phi) is 2.67. The number of aliphatic hydroxyl groups excluding tert-OH is 1. The van der Waals surface area contributed by atoms with Crippen LogP contribution in [0.2, 0.25) is 0 Å². The van der Waals surface area contributed by atoms with Crippen LogP contribution in [0.5, 0.6) is 0 Å². The summed E-state index contributed by atoms with van der Waals surface area (Å²) in [5.41, 5.74) is 0. The SMILES string of the molecule is O=C1N=CN([C@@H]2O[C@H](CO)C[C@@H]2F)C2NC=CN12. The predicted octanol–water partition coefficient (Wildman–Crippen LogP) is -0.444. The van der Waals surface area contributed by atoms with E-state index in [0.717, 1.165) is 0 Å². The number of aliphatic imine (C=N–C) groups is 1. The van der Waals surface area contributed by atoms with Gasteiger partial charge in [-0.3, -0.25) is 9.80 Å². The van der Waals surface area contributed by atoms with Crippen LogP contribution >= 0.6 is 0 Å². The summed E-state index contributed by atoms with van der Waals surface area (Å²) in [5, 5.41) is 11.9. The fourth-order valence-corrected chi connectivity index (χ4v) is 2.30. The number of nitrogens with zero attached hydrogens (tertiary/aromatic N) is 3. The number of carbonyl (C=O) groups excluding carboxylic acids is 1. The monoisotopic (exact) mass is 256 g/mol. The van der Waals surface area contributed by atoms with Gasteiger partial charge < -0.3 is 15.2 Å². The van der Waals surface area contributed by atoms with Gasteiger partial charge in [0.15, 0.2) is 12.5 Å². The summed E-state index contributed by atoms with van der Waals surface area (Å²) in [6.45, 7) is -0.221. The third kappa shape index (κ3) is 1.65. The number of fused-ring (bicyclic) bond motifs is 1. The molecule has 2 amide bonds. The summed E-state index contributed by atoms with van der Waals surface area (Å²) in [6.07, 6.45) is 1.44. The predicted molar refractivity (Wildman–Crippen MR) is 58.9 cm³/mol. The lowest BCUT2D eigenvalue weighted by Crippen LogP contribution is -2.59.